The first-order valence-electron chi connectivity index (χ1n) is 9.70. The van der Waals surface area contributed by atoms with Crippen LogP contribution in [0.5, 0.6) is 0 Å². The molecule has 0 spiro atoms. The zero-order valence-corrected chi connectivity index (χ0v) is 19.3. The second-order valence-corrected chi connectivity index (χ2v) is 8.16. The highest BCUT2D eigenvalue weighted by Gasteiger charge is 2.39. The molecule has 2 aromatic carbocycles. The molecule has 35 heavy (non-hydrogen) atoms. The molecule has 2 aromatic rings. The van der Waals surface area contributed by atoms with Crippen molar-refractivity contribution in [2.45, 2.75) is 25.2 Å². The monoisotopic (exact) mass is 572 g/mol. The van der Waals surface area contributed by atoms with Gasteiger partial charge in [0.1, 0.15) is 18.2 Å². The molecule has 4 nitrogen and oxygen atoms in total. The first kappa shape index (κ1) is 28.3. The molecule has 190 valence electrons. The molecule has 2 N–H and O–H groups in total. The summed E-state index contributed by atoms with van der Waals surface area (Å²) in [4.78, 5) is 23.6. The third-order valence-electron chi connectivity index (χ3n) is 4.63. The topological polar surface area (TPSA) is 58.2 Å². The maximum Gasteiger partial charge on any atom is 0.405 e. The number of halogens is 9. The first-order chi connectivity index (χ1) is 16.1. The van der Waals surface area contributed by atoms with E-state index >= 15 is 0 Å². The summed E-state index contributed by atoms with van der Waals surface area (Å²) in [5.74, 6) is -6.45. The maximum absolute atomic E-state index is 13.8. The van der Waals surface area contributed by atoms with Gasteiger partial charge in [-0.2, -0.15) is 26.3 Å². The van der Waals surface area contributed by atoms with Gasteiger partial charge in [-0.05, 0) is 58.2 Å². The quantitative estimate of drug-likeness (QED) is 0.412. The Morgan fingerprint density at radius 3 is 2.11 bits per heavy atom. The van der Waals surface area contributed by atoms with Gasteiger partial charge in [0.25, 0.3) is 5.91 Å². The second-order valence-electron chi connectivity index (χ2n) is 7.30. The van der Waals surface area contributed by atoms with Crippen molar-refractivity contribution in [3.63, 3.8) is 0 Å². The summed E-state index contributed by atoms with van der Waals surface area (Å²) in [5.41, 5.74) is -0.887. The number of rotatable bonds is 7. The number of carbonyl (C=O) groups is 2. The normalized spacial score (nSPS) is 13.1. The van der Waals surface area contributed by atoms with E-state index in [9.17, 15) is 44.7 Å². The molecular weight excluding hydrogens is 556 g/mol. The van der Waals surface area contributed by atoms with Crippen LogP contribution in [0.15, 0.2) is 40.9 Å². The molecule has 0 radical (unpaired) electrons. The van der Waals surface area contributed by atoms with Gasteiger partial charge >= 0.3 is 12.4 Å². The van der Waals surface area contributed by atoms with E-state index in [4.69, 9.17) is 0 Å². The largest absolute Gasteiger partial charge is 0.405 e. The van der Waals surface area contributed by atoms with Gasteiger partial charge in [0.05, 0.1) is 18.0 Å². The molecule has 0 aliphatic carbocycles. The SMILES string of the molecule is Cc1c(F)cc(C(/C=C/c2ccc(C(=O)NCC(=O)NCC(F)(F)F)c(Br)c2)C(F)(F)F)cc1F. The Morgan fingerprint density at radius 1 is 1.00 bits per heavy atom. The van der Waals surface area contributed by atoms with E-state index in [1.807, 2.05) is 0 Å². The minimum atomic E-state index is -4.85. The predicted molar refractivity (Wildman–Crippen MR) is 114 cm³/mol. The predicted octanol–water partition coefficient (Wildman–Crippen LogP) is 5.80. The lowest BCUT2D eigenvalue weighted by molar-refractivity contribution is -0.139. The highest BCUT2D eigenvalue weighted by Crippen LogP contribution is 2.37. The van der Waals surface area contributed by atoms with Crippen LogP contribution in [0.1, 0.15) is 33.0 Å². The van der Waals surface area contributed by atoms with Crippen molar-refractivity contribution >= 4 is 33.8 Å². The van der Waals surface area contributed by atoms with Gasteiger partial charge in [0.15, 0.2) is 0 Å². The molecule has 0 saturated heterocycles. The lowest BCUT2D eigenvalue weighted by Gasteiger charge is -2.18. The van der Waals surface area contributed by atoms with Crippen LogP contribution in [0.4, 0.5) is 35.1 Å². The van der Waals surface area contributed by atoms with E-state index in [0.29, 0.717) is 18.2 Å². The third-order valence-corrected chi connectivity index (χ3v) is 5.29. The Kier molecular flexibility index (Phi) is 9.04. The van der Waals surface area contributed by atoms with Crippen LogP contribution < -0.4 is 10.6 Å². The van der Waals surface area contributed by atoms with E-state index < -0.39 is 65.9 Å². The molecule has 1 atom stereocenters. The van der Waals surface area contributed by atoms with Crippen molar-refractivity contribution in [3.8, 4) is 0 Å². The van der Waals surface area contributed by atoms with E-state index in [-0.39, 0.29) is 15.6 Å². The molecule has 0 heterocycles. The minimum absolute atomic E-state index is 0.0409. The van der Waals surface area contributed by atoms with Gasteiger partial charge in [0.2, 0.25) is 5.91 Å². The highest BCUT2D eigenvalue weighted by atomic mass is 79.9. The number of alkyl halides is 6. The van der Waals surface area contributed by atoms with Crippen molar-refractivity contribution in [3.05, 3.63) is 74.8 Å². The zero-order valence-electron chi connectivity index (χ0n) is 17.8. The molecule has 0 saturated carbocycles. The number of amides is 2. The number of hydrogen-bond acceptors (Lipinski definition) is 2. The van der Waals surface area contributed by atoms with Gasteiger partial charge in [0, 0.05) is 10.0 Å². The molecule has 0 fully saturated rings. The van der Waals surface area contributed by atoms with Crippen LogP contribution in [-0.2, 0) is 4.79 Å². The van der Waals surface area contributed by atoms with Crippen molar-refractivity contribution in [2.75, 3.05) is 13.1 Å². The molecule has 0 aromatic heterocycles. The van der Waals surface area contributed by atoms with Crippen molar-refractivity contribution in [2.24, 2.45) is 0 Å². The standard InChI is InChI=1S/C22H17BrF8N2O2/c1-11-17(24)7-13(8-18(11)25)15(22(29,30)31)5-3-12-2-4-14(16(23)6-12)20(35)32-9-19(34)33-10-21(26,27)28/h2-8,15H,9-10H2,1H3,(H,32,35)(H,33,34)/b5-3+. The summed E-state index contributed by atoms with van der Waals surface area (Å²) in [6, 6.07) is 4.97. The van der Waals surface area contributed by atoms with Gasteiger partial charge in [-0.3, -0.25) is 9.59 Å². The fourth-order valence-electron chi connectivity index (χ4n) is 2.80. The van der Waals surface area contributed by atoms with Crippen molar-refractivity contribution in [1.29, 1.82) is 0 Å². The van der Waals surface area contributed by atoms with E-state index in [1.54, 1.807) is 5.32 Å². The van der Waals surface area contributed by atoms with Gasteiger partial charge in [-0.1, -0.05) is 18.2 Å². The molecule has 2 amide bonds. The van der Waals surface area contributed by atoms with Gasteiger partial charge in [-0.15, -0.1) is 0 Å². The van der Waals surface area contributed by atoms with E-state index in [1.165, 1.54) is 18.2 Å². The summed E-state index contributed by atoms with van der Waals surface area (Å²) in [6.07, 6.45) is -7.71. The average Bonchev–Trinajstić information content (AvgIpc) is 2.73. The lowest BCUT2D eigenvalue weighted by Crippen LogP contribution is -2.40. The number of carbonyl (C=O) groups excluding carboxylic acids is 2. The summed E-state index contributed by atoms with van der Waals surface area (Å²) < 4.78 is 105. The van der Waals surface area contributed by atoms with Crippen LogP contribution in [0.2, 0.25) is 0 Å². The minimum Gasteiger partial charge on any atom is -0.345 e. The number of allylic oxidation sites excluding steroid dienone is 1. The Bertz CT molecular complexity index is 1110. The van der Waals surface area contributed by atoms with Crippen LogP contribution in [0.25, 0.3) is 6.08 Å². The fraction of sp³-hybridized carbons (Fsp3) is 0.273. The molecule has 1 unspecified atom stereocenters. The van der Waals surface area contributed by atoms with E-state index in [2.05, 4.69) is 21.2 Å². The second kappa shape index (κ2) is 11.2. The zero-order chi connectivity index (χ0) is 26.6. The highest BCUT2D eigenvalue weighted by molar-refractivity contribution is 9.10. The van der Waals surface area contributed by atoms with Gasteiger partial charge in [-0.25, -0.2) is 8.78 Å². The van der Waals surface area contributed by atoms with Crippen molar-refractivity contribution in [1.82, 2.24) is 10.6 Å². The number of benzene rings is 2. The van der Waals surface area contributed by atoms with Crippen LogP contribution in [0, 0.1) is 18.6 Å². The average molecular weight is 573 g/mol. The van der Waals surface area contributed by atoms with Crippen molar-refractivity contribution < 1.29 is 44.7 Å². The number of nitrogens with one attached hydrogen (secondary N) is 2. The Morgan fingerprint density at radius 2 is 1.60 bits per heavy atom. The molecule has 0 bridgehead atoms. The molecule has 0 aliphatic heterocycles. The van der Waals surface area contributed by atoms with Gasteiger partial charge < -0.3 is 10.6 Å². The fourth-order valence-corrected chi connectivity index (χ4v) is 3.37. The molecule has 13 heteroatoms. The smallest absolute Gasteiger partial charge is 0.345 e. The van der Waals surface area contributed by atoms with Crippen LogP contribution >= 0.6 is 15.9 Å². The lowest BCUT2D eigenvalue weighted by atomic mass is 9.95. The Balaban J connectivity index is 2.15. The Hall–Kier alpha value is -2.96. The molecule has 2 rings (SSSR count). The molecular formula is C22H17BrF8N2O2. The third kappa shape index (κ3) is 8.34. The summed E-state index contributed by atoms with van der Waals surface area (Å²) >= 11 is 3.06. The molecule has 0 aliphatic rings. The number of hydrogen-bond donors (Lipinski definition) is 2. The summed E-state index contributed by atoms with van der Waals surface area (Å²) in [6.45, 7) is -1.20. The summed E-state index contributed by atoms with van der Waals surface area (Å²) in [5, 5.41) is 3.69. The maximum atomic E-state index is 13.8. The van der Waals surface area contributed by atoms with Crippen LogP contribution in [0.3, 0.4) is 0 Å². The Labute approximate surface area is 202 Å². The summed E-state index contributed by atoms with van der Waals surface area (Å²) in [7, 11) is 0. The van der Waals surface area contributed by atoms with E-state index in [0.717, 1.165) is 13.0 Å². The van der Waals surface area contributed by atoms with Crippen LogP contribution in [-0.4, -0.2) is 37.3 Å². The first-order valence-corrected chi connectivity index (χ1v) is 10.5.